The second kappa shape index (κ2) is 10.4. The van der Waals surface area contributed by atoms with E-state index < -0.39 is 10.9 Å². The zero-order chi connectivity index (χ0) is 24.6. The number of aliphatic hydroxyl groups excluding tert-OH is 1. The van der Waals surface area contributed by atoms with Gasteiger partial charge in [0, 0.05) is 0 Å². The summed E-state index contributed by atoms with van der Waals surface area (Å²) in [6.45, 7) is 14.6. The maximum Gasteiger partial charge on any atom is 0.198 e. The summed E-state index contributed by atoms with van der Waals surface area (Å²) < 4.78 is 17.6. The molecule has 4 aliphatic rings. The Morgan fingerprint density at radius 3 is 2.30 bits per heavy atom. The van der Waals surface area contributed by atoms with Crippen LogP contribution in [0.4, 0.5) is 0 Å². The maximum atomic E-state index is 10.2. The molecular formula is C28H47NO3S. The Labute approximate surface area is 203 Å². The van der Waals surface area contributed by atoms with Crippen molar-refractivity contribution in [2.75, 3.05) is 0 Å². The molecule has 0 spiro atoms. The molecule has 3 saturated carbocycles. The summed E-state index contributed by atoms with van der Waals surface area (Å²) in [6, 6.07) is 0. The van der Waals surface area contributed by atoms with Crippen LogP contribution in [0.2, 0.25) is 0 Å². The van der Waals surface area contributed by atoms with Crippen LogP contribution in [-0.4, -0.2) is 19.6 Å². The van der Waals surface area contributed by atoms with E-state index in [1.165, 1.54) is 37.7 Å². The van der Waals surface area contributed by atoms with Gasteiger partial charge in [-0.1, -0.05) is 77.0 Å². The number of fused-ring (bicyclic) bond motifs is 5. The first-order chi connectivity index (χ1) is 15.4. The van der Waals surface area contributed by atoms with Gasteiger partial charge in [0.05, 0.1) is 6.10 Å². The van der Waals surface area contributed by atoms with Crippen LogP contribution < -0.4 is 5.14 Å². The molecule has 4 aliphatic carbocycles. The lowest BCUT2D eigenvalue weighted by atomic mass is 9.50. The van der Waals surface area contributed by atoms with Crippen molar-refractivity contribution >= 4 is 10.9 Å². The predicted octanol–water partition coefficient (Wildman–Crippen LogP) is 5.80. The van der Waals surface area contributed by atoms with Crippen molar-refractivity contribution in [2.45, 2.75) is 92.6 Å². The van der Waals surface area contributed by atoms with E-state index in [4.69, 9.17) is 8.42 Å². The lowest BCUT2D eigenvalue weighted by Gasteiger charge is -2.55. The molecule has 8 atom stereocenters. The largest absolute Gasteiger partial charge is 0.393 e. The normalized spacial score (nSPS) is 39.7. The zero-order valence-corrected chi connectivity index (χ0v) is 22.5. The molecule has 0 aromatic heterocycles. The van der Waals surface area contributed by atoms with Gasteiger partial charge in [0.2, 0.25) is 0 Å². The minimum atomic E-state index is -2.62. The Hall–Kier alpha value is -0.910. The minimum absolute atomic E-state index is 0.116. The van der Waals surface area contributed by atoms with E-state index in [0.717, 1.165) is 36.5 Å². The first kappa shape index (κ1) is 26.7. The molecule has 0 aromatic rings. The number of nitrogens with two attached hydrogens (primary N) is 1. The molecule has 0 bridgehead atoms. The van der Waals surface area contributed by atoms with Gasteiger partial charge in [-0.25, -0.2) is 13.6 Å². The fourth-order valence-corrected chi connectivity index (χ4v) is 7.59. The molecule has 0 radical (unpaired) electrons. The molecule has 0 unspecified atom stereocenters. The van der Waals surface area contributed by atoms with Crippen molar-refractivity contribution in [3.8, 4) is 0 Å². The molecule has 0 saturated heterocycles. The average molecular weight is 478 g/mol. The number of hydrogen-bond acceptors (Lipinski definition) is 3. The van der Waals surface area contributed by atoms with Crippen LogP contribution in [0.5, 0.6) is 0 Å². The Kier molecular flexibility index (Phi) is 8.39. The van der Waals surface area contributed by atoms with Crippen molar-refractivity contribution < 1.29 is 13.5 Å². The van der Waals surface area contributed by atoms with Gasteiger partial charge in [-0.05, 0) is 91.3 Å². The van der Waals surface area contributed by atoms with Gasteiger partial charge in [0.25, 0.3) is 0 Å². The van der Waals surface area contributed by atoms with E-state index in [1.807, 2.05) is 0 Å². The summed E-state index contributed by atoms with van der Waals surface area (Å²) in [4.78, 5) is 0. The van der Waals surface area contributed by atoms with Gasteiger partial charge >= 0.3 is 0 Å². The first-order valence-electron chi connectivity index (χ1n) is 13.1. The molecule has 0 aliphatic heterocycles. The zero-order valence-electron chi connectivity index (χ0n) is 21.6. The first-order valence-corrected chi connectivity index (χ1v) is 14.3. The smallest absolute Gasteiger partial charge is 0.198 e. The van der Waals surface area contributed by atoms with Crippen molar-refractivity contribution in [3.63, 3.8) is 0 Å². The topological polar surface area (TPSA) is 80.4 Å². The standard InChI is InChI=1S/C28H44O.H3NO2S/c1-18(2)19(3)7-8-20(4)24-11-12-25-23-10-9-21-17-22(29)13-15-27(21,5)26(23)14-16-28(24,25)6;1-4(2)3/h7-10,18-20,22,24-26,29H,11-17H2,1-6H3;4H,(H2,1,2,3)/b8-7+;/t19-,20+,22-,24+,25-,26-,27-,28+;/m0./s1. The van der Waals surface area contributed by atoms with Crippen LogP contribution in [0, 0.1) is 46.3 Å². The molecule has 0 amide bonds. The van der Waals surface area contributed by atoms with Gasteiger partial charge < -0.3 is 5.11 Å². The quantitative estimate of drug-likeness (QED) is 0.353. The highest BCUT2D eigenvalue weighted by Gasteiger charge is 2.56. The van der Waals surface area contributed by atoms with Crippen LogP contribution in [0.3, 0.4) is 0 Å². The second-order valence-corrected chi connectivity index (χ2v) is 12.7. The molecule has 4 nitrogen and oxygen atoms in total. The Morgan fingerprint density at radius 1 is 1.00 bits per heavy atom. The molecule has 3 N–H and O–H groups in total. The van der Waals surface area contributed by atoms with Gasteiger partial charge in [0.15, 0.2) is 10.9 Å². The Bertz CT molecular complexity index is 864. The van der Waals surface area contributed by atoms with Crippen molar-refractivity contribution in [3.05, 3.63) is 35.5 Å². The molecule has 0 heterocycles. The summed E-state index contributed by atoms with van der Waals surface area (Å²) in [5.74, 6) is 4.38. The minimum Gasteiger partial charge on any atom is -0.393 e. The summed E-state index contributed by atoms with van der Waals surface area (Å²) in [5.41, 5.74) is 4.07. The van der Waals surface area contributed by atoms with Gasteiger partial charge in [-0.3, -0.25) is 0 Å². The van der Waals surface area contributed by atoms with Crippen LogP contribution in [-0.2, 0) is 10.9 Å². The molecule has 5 heteroatoms. The van der Waals surface area contributed by atoms with Crippen LogP contribution in [0.1, 0.15) is 86.5 Å². The maximum absolute atomic E-state index is 10.2. The highest BCUT2D eigenvalue weighted by atomic mass is 32.2. The third-order valence-corrected chi connectivity index (χ3v) is 10.0. The Morgan fingerprint density at radius 2 is 1.67 bits per heavy atom. The van der Waals surface area contributed by atoms with E-state index in [-0.39, 0.29) is 6.10 Å². The van der Waals surface area contributed by atoms with Crippen molar-refractivity contribution in [1.82, 2.24) is 0 Å². The van der Waals surface area contributed by atoms with Crippen LogP contribution >= 0.6 is 0 Å². The number of hydrogen-bond donors (Lipinski definition) is 3. The molecule has 33 heavy (non-hydrogen) atoms. The van der Waals surface area contributed by atoms with E-state index in [2.05, 4.69) is 71.0 Å². The fraction of sp³-hybridized carbons (Fsp3) is 0.786. The summed E-state index contributed by atoms with van der Waals surface area (Å²) >= 11 is 0. The number of rotatable bonds is 4. The van der Waals surface area contributed by atoms with Crippen LogP contribution in [0.15, 0.2) is 35.5 Å². The van der Waals surface area contributed by atoms with E-state index in [0.29, 0.717) is 22.7 Å². The SMILES string of the molecule is CC(C)[C@@H](C)/C=C/[C@@H](C)[C@H]1CC[C@H]2C3=CC=C4C[C@@H](O)CC[C@]4(C)[C@H]3CC[C@]12C.N[SH](=O)=O. The molecular weight excluding hydrogens is 430 g/mol. The molecule has 0 aromatic carbocycles. The van der Waals surface area contributed by atoms with Gasteiger partial charge in [-0.15, -0.1) is 0 Å². The highest BCUT2D eigenvalue weighted by molar-refractivity contribution is 7.69. The summed E-state index contributed by atoms with van der Waals surface area (Å²) in [5, 5.41) is 14.3. The predicted molar refractivity (Wildman–Crippen MR) is 138 cm³/mol. The number of aliphatic hydroxyl groups is 1. The number of allylic oxidation sites excluding steroid dienone is 5. The van der Waals surface area contributed by atoms with E-state index >= 15 is 0 Å². The van der Waals surface area contributed by atoms with Crippen LogP contribution in [0.25, 0.3) is 0 Å². The highest BCUT2D eigenvalue weighted by Crippen LogP contribution is 2.65. The lowest BCUT2D eigenvalue weighted by Crippen LogP contribution is -2.46. The van der Waals surface area contributed by atoms with Crippen molar-refractivity contribution in [1.29, 1.82) is 0 Å². The molecule has 4 rings (SSSR count). The van der Waals surface area contributed by atoms with Gasteiger partial charge in [0.1, 0.15) is 0 Å². The molecule has 3 fully saturated rings. The fourth-order valence-electron chi connectivity index (χ4n) is 7.59. The van der Waals surface area contributed by atoms with Crippen molar-refractivity contribution in [2.24, 2.45) is 51.5 Å². The number of thiol groups is 1. The molecule has 188 valence electrons. The Balaban J connectivity index is 0.000000709. The monoisotopic (exact) mass is 477 g/mol. The average Bonchev–Trinajstić information content (AvgIpc) is 3.09. The third-order valence-electron chi connectivity index (χ3n) is 10.0. The summed E-state index contributed by atoms with van der Waals surface area (Å²) in [7, 11) is -2.62. The van der Waals surface area contributed by atoms with Gasteiger partial charge in [-0.2, -0.15) is 0 Å². The second-order valence-electron chi connectivity index (χ2n) is 12.1. The summed E-state index contributed by atoms with van der Waals surface area (Å²) in [6.07, 6.45) is 18.4. The third kappa shape index (κ3) is 5.36. The lowest BCUT2D eigenvalue weighted by molar-refractivity contribution is 0.0382. The van der Waals surface area contributed by atoms with E-state index in [1.54, 1.807) is 5.57 Å². The van der Waals surface area contributed by atoms with E-state index in [9.17, 15) is 5.11 Å².